The second-order valence-corrected chi connectivity index (χ2v) is 5.32. The molecule has 2 aromatic heterocycles. The number of aromatic nitrogens is 3. The molecule has 0 aliphatic rings. The predicted molar refractivity (Wildman–Crippen MR) is 64.4 cm³/mol. The summed E-state index contributed by atoms with van der Waals surface area (Å²) in [6, 6.07) is 1.47. The third kappa shape index (κ3) is 2.30. The minimum absolute atomic E-state index is 0.0381. The molecule has 3 N–H and O–H groups in total. The van der Waals surface area contributed by atoms with E-state index in [-0.39, 0.29) is 16.6 Å². The first-order chi connectivity index (χ1) is 8.42. The topological polar surface area (TPSA) is 116 Å². The number of nitrogen functional groups attached to an aromatic ring is 1. The van der Waals surface area contributed by atoms with Crippen LogP contribution in [0.1, 0.15) is 12.6 Å². The highest BCUT2D eigenvalue weighted by molar-refractivity contribution is 7.92. The molecule has 0 saturated carbocycles. The van der Waals surface area contributed by atoms with Crippen molar-refractivity contribution in [3.63, 3.8) is 0 Å². The van der Waals surface area contributed by atoms with Crippen LogP contribution in [0.15, 0.2) is 21.7 Å². The van der Waals surface area contributed by atoms with E-state index >= 15 is 0 Å². The highest BCUT2D eigenvalue weighted by Crippen LogP contribution is 2.20. The minimum atomic E-state index is -3.81. The van der Waals surface area contributed by atoms with Crippen molar-refractivity contribution in [2.75, 3.05) is 10.5 Å². The summed E-state index contributed by atoms with van der Waals surface area (Å²) in [6.45, 7) is 4.04. The summed E-state index contributed by atoms with van der Waals surface area (Å²) in [4.78, 5) is -0.0848. The van der Waals surface area contributed by atoms with Crippen molar-refractivity contribution < 1.29 is 12.9 Å². The molecule has 0 aliphatic heterocycles. The molecule has 2 heterocycles. The van der Waals surface area contributed by atoms with Gasteiger partial charge in [0, 0.05) is 18.8 Å². The first kappa shape index (κ1) is 12.4. The third-order valence-corrected chi connectivity index (χ3v) is 3.59. The lowest BCUT2D eigenvalue weighted by atomic mass is 10.5. The lowest BCUT2D eigenvalue weighted by molar-refractivity contribution is 0.430. The smallest absolute Gasteiger partial charge is 0.269 e. The molecule has 0 saturated heterocycles. The highest BCUT2D eigenvalue weighted by atomic mass is 32.2. The lowest BCUT2D eigenvalue weighted by Gasteiger charge is -2.01. The van der Waals surface area contributed by atoms with E-state index in [1.54, 1.807) is 6.92 Å². The van der Waals surface area contributed by atoms with Crippen LogP contribution in [0, 0.1) is 6.92 Å². The summed E-state index contributed by atoms with van der Waals surface area (Å²) >= 11 is 0. The van der Waals surface area contributed by atoms with E-state index in [4.69, 9.17) is 10.3 Å². The number of anilines is 2. The van der Waals surface area contributed by atoms with E-state index in [0.717, 1.165) is 0 Å². The Kier molecular flexibility index (Phi) is 2.99. The van der Waals surface area contributed by atoms with Crippen molar-refractivity contribution in [3.8, 4) is 0 Å². The van der Waals surface area contributed by atoms with Gasteiger partial charge >= 0.3 is 0 Å². The van der Waals surface area contributed by atoms with Gasteiger partial charge in [-0.2, -0.15) is 5.10 Å². The fourth-order valence-corrected chi connectivity index (χ4v) is 2.43. The van der Waals surface area contributed by atoms with Crippen molar-refractivity contribution in [2.24, 2.45) is 0 Å². The van der Waals surface area contributed by atoms with Crippen molar-refractivity contribution >= 4 is 21.7 Å². The molecular formula is C9H13N5O3S. The van der Waals surface area contributed by atoms with E-state index in [1.807, 2.05) is 6.92 Å². The molecule has 0 aromatic carbocycles. The van der Waals surface area contributed by atoms with Crippen LogP contribution in [0.5, 0.6) is 0 Å². The van der Waals surface area contributed by atoms with E-state index in [0.29, 0.717) is 12.2 Å². The molecule has 0 radical (unpaired) electrons. The number of nitrogens with two attached hydrogens (primary N) is 1. The summed E-state index contributed by atoms with van der Waals surface area (Å²) in [6.07, 6.45) is 1.36. The largest absolute Gasteiger partial charge is 0.381 e. The summed E-state index contributed by atoms with van der Waals surface area (Å²) in [5.41, 5.74) is 6.14. The monoisotopic (exact) mass is 271 g/mol. The Morgan fingerprint density at radius 3 is 2.78 bits per heavy atom. The zero-order valence-electron chi connectivity index (χ0n) is 9.91. The van der Waals surface area contributed by atoms with Crippen LogP contribution in [0.3, 0.4) is 0 Å². The Labute approximate surface area is 104 Å². The summed E-state index contributed by atoms with van der Waals surface area (Å²) in [7, 11) is -3.81. The first-order valence-electron chi connectivity index (χ1n) is 5.21. The molecule has 0 unspecified atom stereocenters. The van der Waals surface area contributed by atoms with Gasteiger partial charge in [0.1, 0.15) is 4.90 Å². The number of rotatable bonds is 4. The Hall–Kier alpha value is -2.03. The number of nitrogens with zero attached hydrogens (tertiary/aromatic N) is 3. The SMILES string of the molecule is CCn1cc(S(=O)(=O)Nc2cc(C)no2)c(N)n1. The standard InChI is InChI=1S/C9H13N5O3S/c1-3-14-5-7(9(10)11-14)18(15,16)13-8-4-6(2)12-17-8/h4-5,13H,3H2,1-2H3,(H2,10,11). The number of hydrogen-bond donors (Lipinski definition) is 2. The lowest BCUT2D eigenvalue weighted by Crippen LogP contribution is -2.13. The molecule has 9 heteroatoms. The Balaban J connectivity index is 2.33. The maximum absolute atomic E-state index is 12.0. The molecule has 2 rings (SSSR count). The quantitative estimate of drug-likeness (QED) is 0.840. The van der Waals surface area contributed by atoms with Crippen LogP contribution in [0.2, 0.25) is 0 Å². The average molecular weight is 271 g/mol. The molecule has 0 amide bonds. The summed E-state index contributed by atoms with van der Waals surface area (Å²) in [5, 5.41) is 7.46. The molecule has 2 aromatic rings. The average Bonchev–Trinajstić information content (AvgIpc) is 2.84. The molecule has 0 bridgehead atoms. The molecule has 18 heavy (non-hydrogen) atoms. The molecule has 8 nitrogen and oxygen atoms in total. The van der Waals surface area contributed by atoms with Gasteiger partial charge in [-0.05, 0) is 13.8 Å². The highest BCUT2D eigenvalue weighted by Gasteiger charge is 2.22. The van der Waals surface area contributed by atoms with Gasteiger partial charge < -0.3 is 10.3 Å². The van der Waals surface area contributed by atoms with Crippen molar-refractivity contribution in [1.82, 2.24) is 14.9 Å². The van der Waals surface area contributed by atoms with E-state index in [2.05, 4.69) is 15.0 Å². The fourth-order valence-electron chi connectivity index (χ4n) is 1.39. The predicted octanol–water partition coefficient (Wildman–Crippen LogP) is 0.582. The van der Waals surface area contributed by atoms with Crippen molar-refractivity contribution in [1.29, 1.82) is 0 Å². The normalized spacial score (nSPS) is 11.7. The van der Waals surface area contributed by atoms with E-state index in [1.165, 1.54) is 16.9 Å². The maximum Gasteiger partial charge on any atom is 0.269 e. The number of hydrogen-bond acceptors (Lipinski definition) is 6. The van der Waals surface area contributed by atoms with Gasteiger partial charge in [0.05, 0.1) is 5.69 Å². The molecule has 0 spiro atoms. The fraction of sp³-hybridized carbons (Fsp3) is 0.333. The zero-order chi connectivity index (χ0) is 13.3. The summed E-state index contributed by atoms with van der Waals surface area (Å²) < 4.78 is 32.5. The van der Waals surface area contributed by atoms with Crippen LogP contribution < -0.4 is 10.5 Å². The second-order valence-electron chi connectivity index (χ2n) is 3.67. The van der Waals surface area contributed by atoms with Crippen LogP contribution in [-0.2, 0) is 16.6 Å². The van der Waals surface area contributed by atoms with Crippen LogP contribution in [-0.4, -0.2) is 23.4 Å². The van der Waals surface area contributed by atoms with Gasteiger partial charge in [0.25, 0.3) is 10.0 Å². The number of sulfonamides is 1. The zero-order valence-corrected chi connectivity index (χ0v) is 10.7. The minimum Gasteiger partial charge on any atom is -0.381 e. The van der Waals surface area contributed by atoms with Gasteiger partial charge in [0.15, 0.2) is 5.82 Å². The van der Waals surface area contributed by atoms with Gasteiger partial charge in [-0.1, -0.05) is 5.16 Å². The Morgan fingerprint density at radius 2 is 2.28 bits per heavy atom. The van der Waals surface area contributed by atoms with Crippen LogP contribution in [0.4, 0.5) is 11.7 Å². The van der Waals surface area contributed by atoms with Crippen molar-refractivity contribution in [2.45, 2.75) is 25.3 Å². The van der Waals surface area contributed by atoms with Crippen LogP contribution in [0.25, 0.3) is 0 Å². The van der Waals surface area contributed by atoms with Gasteiger partial charge in [-0.3, -0.25) is 4.68 Å². The number of aryl methyl sites for hydroxylation is 2. The number of nitrogens with one attached hydrogen (secondary N) is 1. The molecule has 0 aliphatic carbocycles. The van der Waals surface area contributed by atoms with Gasteiger partial charge in [-0.15, -0.1) is 0 Å². The molecule has 98 valence electrons. The van der Waals surface area contributed by atoms with Crippen molar-refractivity contribution in [3.05, 3.63) is 18.0 Å². The van der Waals surface area contributed by atoms with Gasteiger partial charge in [-0.25, -0.2) is 13.1 Å². The molecular weight excluding hydrogens is 258 g/mol. The maximum atomic E-state index is 12.0. The summed E-state index contributed by atoms with van der Waals surface area (Å²) in [5.74, 6) is -0.0169. The van der Waals surface area contributed by atoms with Crippen LogP contribution >= 0.6 is 0 Å². The van der Waals surface area contributed by atoms with E-state index in [9.17, 15) is 8.42 Å². The van der Waals surface area contributed by atoms with E-state index < -0.39 is 10.0 Å². The Morgan fingerprint density at radius 1 is 1.56 bits per heavy atom. The Bertz CT molecular complexity index is 658. The molecule has 0 atom stereocenters. The van der Waals surface area contributed by atoms with Gasteiger partial charge in [0.2, 0.25) is 5.88 Å². The first-order valence-corrected chi connectivity index (χ1v) is 6.69. The second kappa shape index (κ2) is 4.33. The molecule has 0 fully saturated rings. The third-order valence-electron chi connectivity index (χ3n) is 2.23.